The minimum Gasteiger partial charge on any atom is -0.381 e. The van der Waals surface area contributed by atoms with E-state index in [-0.39, 0.29) is 11.6 Å². The molecule has 0 spiro atoms. The largest absolute Gasteiger partial charge is 0.381 e. The summed E-state index contributed by atoms with van der Waals surface area (Å²) in [6, 6.07) is 3.44. The fraction of sp³-hybridized carbons (Fsp3) is 0.538. The molecule has 1 unspecified atom stereocenters. The molecule has 0 aliphatic carbocycles. The van der Waals surface area contributed by atoms with Crippen LogP contribution in [0.1, 0.15) is 23.8 Å². The van der Waals surface area contributed by atoms with E-state index in [2.05, 4.69) is 15.6 Å². The summed E-state index contributed by atoms with van der Waals surface area (Å²) in [4.78, 5) is 16.3. The molecule has 0 bridgehead atoms. The van der Waals surface area contributed by atoms with Crippen molar-refractivity contribution in [3.05, 3.63) is 22.8 Å². The number of rotatable bonds is 5. The minimum absolute atomic E-state index is 0.239. The van der Waals surface area contributed by atoms with Crippen LogP contribution in [0.3, 0.4) is 0 Å². The normalized spacial score (nSPS) is 18.3. The quantitative estimate of drug-likeness (QED) is 0.867. The third-order valence-corrected chi connectivity index (χ3v) is 3.30. The zero-order valence-corrected chi connectivity index (χ0v) is 11.7. The molecule has 0 radical (unpaired) electrons. The van der Waals surface area contributed by atoms with Crippen molar-refractivity contribution in [2.24, 2.45) is 5.92 Å². The second kappa shape index (κ2) is 6.73. The number of nitrogens with one attached hydrogen (secondary N) is 2. The van der Waals surface area contributed by atoms with Crippen LogP contribution < -0.4 is 10.6 Å². The van der Waals surface area contributed by atoms with Crippen LogP contribution in [-0.4, -0.2) is 37.2 Å². The maximum absolute atomic E-state index is 12.1. The van der Waals surface area contributed by atoms with Gasteiger partial charge in [-0.3, -0.25) is 4.79 Å². The van der Waals surface area contributed by atoms with Crippen LogP contribution >= 0.6 is 11.6 Å². The zero-order valence-electron chi connectivity index (χ0n) is 10.9. The summed E-state index contributed by atoms with van der Waals surface area (Å²) in [5.41, 5.74) is 0.263. The smallest absolute Gasteiger partial charge is 0.271 e. The third kappa shape index (κ3) is 3.81. The van der Waals surface area contributed by atoms with Gasteiger partial charge in [0.05, 0.1) is 11.6 Å². The number of amides is 1. The summed E-state index contributed by atoms with van der Waals surface area (Å²) >= 11 is 6.01. The van der Waals surface area contributed by atoms with Crippen molar-refractivity contribution >= 4 is 23.3 Å². The van der Waals surface area contributed by atoms with E-state index in [1.807, 2.05) is 6.92 Å². The fourth-order valence-corrected chi connectivity index (χ4v) is 2.14. The highest BCUT2D eigenvalue weighted by Gasteiger charge is 2.18. The minimum atomic E-state index is -0.239. The number of aromatic nitrogens is 1. The van der Waals surface area contributed by atoms with E-state index < -0.39 is 0 Å². The van der Waals surface area contributed by atoms with Gasteiger partial charge in [0.2, 0.25) is 0 Å². The first-order chi connectivity index (χ1) is 9.20. The molecule has 19 heavy (non-hydrogen) atoms. The van der Waals surface area contributed by atoms with E-state index in [1.54, 1.807) is 12.1 Å². The number of anilines is 1. The van der Waals surface area contributed by atoms with Gasteiger partial charge in [0.25, 0.3) is 5.91 Å². The van der Waals surface area contributed by atoms with Crippen molar-refractivity contribution < 1.29 is 9.53 Å². The molecular weight excluding hydrogens is 266 g/mol. The van der Waals surface area contributed by atoms with E-state index in [0.29, 0.717) is 29.9 Å². The van der Waals surface area contributed by atoms with Crippen LogP contribution in [0.15, 0.2) is 12.1 Å². The monoisotopic (exact) mass is 283 g/mol. The number of nitrogens with zero attached hydrogens (tertiary/aromatic N) is 1. The molecule has 0 saturated carbocycles. The summed E-state index contributed by atoms with van der Waals surface area (Å²) in [6.45, 7) is 4.79. The van der Waals surface area contributed by atoms with Gasteiger partial charge < -0.3 is 15.4 Å². The highest BCUT2D eigenvalue weighted by Crippen LogP contribution is 2.17. The number of carbonyl (C=O) groups excluding carboxylic acids is 1. The molecule has 104 valence electrons. The lowest BCUT2D eigenvalue weighted by Crippen LogP contribution is -2.30. The van der Waals surface area contributed by atoms with E-state index in [1.165, 1.54) is 0 Å². The Bertz CT molecular complexity index is 448. The summed E-state index contributed by atoms with van der Waals surface area (Å²) in [6.07, 6.45) is 0.985. The van der Waals surface area contributed by atoms with Crippen LogP contribution in [0.25, 0.3) is 0 Å². The maximum Gasteiger partial charge on any atom is 0.271 e. The van der Waals surface area contributed by atoms with Gasteiger partial charge in [-0.05, 0) is 25.5 Å². The van der Waals surface area contributed by atoms with E-state index in [0.717, 1.165) is 19.6 Å². The van der Waals surface area contributed by atoms with Crippen LogP contribution in [0.4, 0.5) is 5.82 Å². The Morgan fingerprint density at radius 2 is 2.42 bits per heavy atom. The molecule has 2 N–H and O–H groups in total. The molecule has 2 rings (SSSR count). The second-order valence-corrected chi connectivity index (χ2v) is 4.90. The predicted molar refractivity (Wildman–Crippen MR) is 74.7 cm³/mol. The highest BCUT2D eigenvalue weighted by molar-refractivity contribution is 6.33. The first kappa shape index (κ1) is 14.1. The topological polar surface area (TPSA) is 63.2 Å². The third-order valence-electron chi connectivity index (χ3n) is 2.99. The predicted octanol–water partition coefficient (Wildman–Crippen LogP) is 1.93. The van der Waals surface area contributed by atoms with Crippen LogP contribution in [0.2, 0.25) is 5.02 Å². The number of pyridine rings is 1. The molecule has 1 amide bonds. The Labute approximate surface area is 117 Å². The van der Waals surface area contributed by atoms with Crippen LogP contribution in [-0.2, 0) is 4.74 Å². The number of ether oxygens (including phenoxy) is 1. The summed E-state index contributed by atoms with van der Waals surface area (Å²) < 4.78 is 5.27. The average Bonchev–Trinajstić information content (AvgIpc) is 2.92. The molecule has 0 aromatic carbocycles. The van der Waals surface area contributed by atoms with Gasteiger partial charge in [0, 0.05) is 25.6 Å². The average molecular weight is 284 g/mol. The molecule has 1 atom stereocenters. The van der Waals surface area contributed by atoms with Gasteiger partial charge in [-0.2, -0.15) is 0 Å². The number of hydrogen-bond donors (Lipinski definition) is 2. The Morgan fingerprint density at radius 3 is 3.11 bits per heavy atom. The first-order valence-corrected chi connectivity index (χ1v) is 6.85. The molecule has 6 heteroatoms. The van der Waals surface area contributed by atoms with Crippen molar-refractivity contribution in [2.75, 3.05) is 31.6 Å². The van der Waals surface area contributed by atoms with E-state index >= 15 is 0 Å². The maximum atomic E-state index is 12.1. The molecule has 1 aliphatic heterocycles. The fourth-order valence-electron chi connectivity index (χ4n) is 1.95. The van der Waals surface area contributed by atoms with Crippen molar-refractivity contribution in [1.29, 1.82) is 0 Å². The van der Waals surface area contributed by atoms with Gasteiger partial charge in [-0.15, -0.1) is 0 Å². The van der Waals surface area contributed by atoms with Gasteiger partial charge in [-0.1, -0.05) is 11.6 Å². The molecular formula is C13H18ClN3O2. The number of carbonyl (C=O) groups is 1. The zero-order chi connectivity index (χ0) is 13.7. The Morgan fingerprint density at radius 1 is 1.58 bits per heavy atom. The van der Waals surface area contributed by atoms with Crippen LogP contribution in [0.5, 0.6) is 0 Å². The van der Waals surface area contributed by atoms with Gasteiger partial charge in [0.1, 0.15) is 11.5 Å². The molecule has 1 saturated heterocycles. The molecule has 1 aliphatic rings. The van der Waals surface area contributed by atoms with Crippen molar-refractivity contribution in [2.45, 2.75) is 13.3 Å². The lowest BCUT2D eigenvalue weighted by molar-refractivity contribution is 0.0940. The number of hydrogen-bond acceptors (Lipinski definition) is 4. The van der Waals surface area contributed by atoms with Crippen molar-refractivity contribution in [3.8, 4) is 0 Å². The summed E-state index contributed by atoms with van der Waals surface area (Å²) in [7, 11) is 0. The Balaban J connectivity index is 1.98. The standard InChI is InChI=1S/C13H18ClN3O2/c1-2-15-11-4-3-10(14)12(17-11)13(18)16-7-9-5-6-19-8-9/h3-4,9H,2,5-8H2,1H3,(H,15,17)(H,16,18). The van der Waals surface area contributed by atoms with E-state index in [9.17, 15) is 4.79 Å². The summed E-state index contributed by atoms with van der Waals surface area (Å²) in [5, 5.41) is 6.28. The van der Waals surface area contributed by atoms with Gasteiger partial charge in [-0.25, -0.2) is 4.98 Å². The molecule has 5 nitrogen and oxygen atoms in total. The molecule has 2 heterocycles. The number of halogens is 1. The Kier molecular flexibility index (Phi) is 4.99. The van der Waals surface area contributed by atoms with E-state index in [4.69, 9.17) is 16.3 Å². The lowest BCUT2D eigenvalue weighted by atomic mass is 10.1. The van der Waals surface area contributed by atoms with Crippen molar-refractivity contribution in [3.63, 3.8) is 0 Å². The lowest BCUT2D eigenvalue weighted by Gasteiger charge is -2.11. The molecule has 1 aromatic heterocycles. The van der Waals surface area contributed by atoms with Crippen LogP contribution in [0, 0.1) is 5.92 Å². The molecule has 1 aromatic rings. The Hall–Kier alpha value is -1.33. The first-order valence-electron chi connectivity index (χ1n) is 6.47. The second-order valence-electron chi connectivity index (χ2n) is 4.50. The molecule has 1 fully saturated rings. The van der Waals surface area contributed by atoms with Gasteiger partial charge in [0.15, 0.2) is 0 Å². The summed E-state index contributed by atoms with van der Waals surface area (Å²) in [5.74, 6) is 0.803. The van der Waals surface area contributed by atoms with Gasteiger partial charge >= 0.3 is 0 Å². The highest BCUT2D eigenvalue weighted by atomic mass is 35.5. The van der Waals surface area contributed by atoms with Crippen molar-refractivity contribution in [1.82, 2.24) is 10.3 Å². The SMILES string of the molecule is CCNc1ccc(Cl)c(C(=O)NCC2CCOC2)n1.